The summed E-state index contributed by atoms with van der Waals surface area (Å²) in [7, 11) is 0. The third kappa shape index (κ3) is 5.35. The second-order valence-corrected chi connectivity index (χ2v) is 15.8. The van der Waals surface area contributed by atoms with E-state index in [1.54, 1.807) is 0 Å². The smallest absolute Gasteiger partial charge is 0.0449 e. The molecule has 194 valence electrons. The van der Waals surface area contributed by atoms with Gasteiger partial charge >= 0.3 is 0 Å². The molecule has 0 nitrogen and oxygen atoms in total. The molecule has 0 aliphatic rings. The summed E-state index contributed by atoms with van der Waals surface area (Å²) in [6.45, 7) is 13.2. The predicted molar refractivity (Wildman–Crippen MR) is 180 cm³/mol. The minimum Gasteiger partial charge on any atom is -0.145 e. The molecule has 38 heavy (non-hydrogen) atoms. The Morgan fingerprint density at radius 3 is 1.13 bits per heavy atom. The third-order valence-corrected chi connectivity index (χ3v) is 12.7. The molecule has 6 heteroatoms. The van der Waals surface area contributed by atoms with E-state index >= 15 is 0 Å². The Morgan fingerprint density at radius 1 is 0.421 bits per heavy atom. The van der Waals surface area contributed by atoms with Gasteiger partial charge in [-0.05, 0) is 88.7 Å². The molecule has 0 aliphatic heterocycles. The fourth-order valence-electron chi connectivity index (χ4n) is 4.61. The van der Waals surface area contributed by atoms with E-state index < -0.39 is 0 Å². The van der Waals surface area contributed by atoms with Gasteiger partial charge in [0.2, 0.25) is 0 Å². The van der Waals surface area contributed by atoms with Crippen molar-refractivity contribution in [1.29, 1.82) is 0 Å². The van der Waals surface area contributed by atoms with Crippen LogP contribution in [0.4, 0.5) is 0 Å². The summed E-state index contributed by atoms with van der Waals surface area (Å²) < 4.78 is 0. The molecule has 0 spiro atoms. The van der Waals surface area contributed by atoms with E-state index in [1.807, 2.05) is 94.0 Å². The third-order valence-electron chi connectivity index (χ3n) is 6.34. The lowest BCUT2D eigenvalue weighted by Gasteiger charge is -2.10. The Morgan fingerprint density at radius 2 is 0.789 bits per heavy atom. The van der Waals surface area contributed by atoms with Gasteiger partial charge in [-0.1, -0.05) is 24.3 Å². The van der Waals surface area contributed by atoms with E-state index in [0.29, 0.717) is 0 Å². The highest BCUT2D eigenvalue weighted by atomic mass is 32.1. The first-order valence-electron chi connectivity index (χ1n) is 12.5. The van der Waals surface area contributed by atoms with Gasteiger partial charge in [0.15, 0.2) is 0 Å². The Bertz CT molecular complexity index is 1530. The lowest BCUT2D eigenvalue weighted by atomic mass is 9.95. The lowest BCUT2D eigenvalue weighted by molar-refractivity contribution is 1.53. The monoisotopic (exact) mass is 606 g/mol. The molecule has 0 atom stereocenters. The van der Waals surface area contributed by atoms with Crippen molar-refractivity contribution in [2.75, 3.05) is 0 Å². The highest BCUT2D eigenvalue weighted by Gasteiger charge is 2.26. The number of aryl methyl sites for hydroxylation is 4. The van der Waals surface area contributed by atoms with Crippen molar-refractivity contribution >= 4 is 68.0 Å². The zero-order valence-corrected chi connectivity index (χ0v) is 27.3. The minimum absolute atomic E-state index is 1.35. The van der Waals surface area contributed by atoms with Crippen LogP contribution in [0.25, 0.3) is 51.5 Å². The number of hydrogen-bond acceptors (Lipinski definition) is 6. The summed E-state index contributed by atoms with van der Waals surface area (Å²) in [6.07, 6.45) is 4.00. The van der Waals surface area contributed by atoms with Crippen molar-refractivity contribution < 1.29 is 0 Å². The van der Waals surface area contributed by atoms with Crippen molar-refractivity contribution in [2.45, 2.75) is 41.5 Å². The molecule has 6 heterocycles. The Hall–Kier alpha value is -2.06. The molecule has 6 aromatic rings. The fraction of sp³-hybridized carbons (Fsp3) is 0.188. The van der Waals surface area contributed by atoms with E-state index in [0.717, 1.165) is 0 Å². The summed E-state index contributed by atoms with van der Waals surface area (Å²) in [6, 6.07) is 18.0. The largest absolute Gasteiger partial charge is 0.145 e. The highest BCUT2D eigenvalue weighted by Crippen LogP contribution is 2.53. The normalized spacial score (nSPS) is 11.3. The number of hydrogen-bond donors (Lipinski definition) is 0. The molecular weight excluding hydrogens is 577 g/mol. The van der Waals surface area contributed by atoms with Crippen LogP contribution < -0.4 is 0 Å². The average Bonchev–Trinajstić information content (AvgIpc) is 3.73. The van der Waals surface area contributed by atoms with E-state index in [9.17, 15) is 0 Å². The van der Waals surface area contributed by atoms with Gasteiger partial charge in [-0.3, -0.25) is 0 Å². The maximum Gasteiger partial charge on any atom is 0.0449 e. The molecular formula is C32H30S6. The molecule has 0 fully saturated rings. The molecule has 0 bridgehead atoms. The van der Waals surface area contributed by atoms with Gasteiger partial charge in [0.1, 0.15) is 0 Å². The first-order chi connectivity index (χ1) is 18.4. The van der Waals surface area contributed by atoms with Gasteiger partial charge in [-0.2, -0.15) is 0 Å². The fourth-order valence-corrected chi connectivity index (χ4v) is 10.8. The molecule has 0 radical (unpaired) electrons. The van der Waals surface area contributed by atoms with Crippen molar-refractivity contribution in [3.63, 3.8) is 0 Å². The zero-order valence-electron chi connectivity index (χ0n) is 22.4. The topological polar surface area (TPSA) is 0 Å². The predicted octanol–water partition coefficient (Wildman–Crippen LogP) is 13.2. The molecule has 0 aliphatic carbocycles. The van der Waals surface area contributed by atoms with E-state index in [4.69, 9.17) is 0 Å². The second-order valence-electron chi connectivity index (χ2n) is 8.88. The van der Waals surface area contributed by atoms with Crippen LogP contribution in [0.1, 0.15) is 33.4 Å². The quantitative estimate of drug-likeness (QED) is 0.171. The van der Waals surface area contributed by atoms with Gasteiger partial charge in [-0.15, -0.1) is 68.0 Å². The van der Waals surface area contributed by atoms with Gasteiger partial charge in [0.05, 0.1) is 0 Å². The van der Waals surface area contributed by atoms with Crippen molar-refractivity contribution in [2.24, 2.45) is 0 Å². The van der Waals surface area contributed by atoms with Crippen molar-refractivity contribution in [3.8, 4) is 51.5 Å². The Kier molecular flexibility index (Phi) is 8.68. The second kappa shape index (κ2) is 12.0. The van der Waals surface area contributed by atoms with Crippen LogP contribution in [0.2, 0.25) is 0 Å². The van der Waals surface area contributed by atoms with Gasteiger partial charge in [0, 0.05) is 71.0 Å². The SMILES string of the molecule is C/C=C\C.Cc1sc(C)c(-c2c(C)sc(C)c2-c2ccc(-c3cccs3)s2)c1-c1ccc(-c2cccs2)s1. The van der Waals surface area contributed by atoms with Crippen molar-refractivity contribution in [1.82, 2.24) is 0 Å². The first kappa shape index (κ1) is 27.5. The average molecular weight is 607 g/mol. The van der Waals surface area contributed by atoms with Crippen LogP contribution >= 0.6 is 68.0 Å². The molecule has 6 rings (SSSR count). The van der Waals surface area contributed by atoms with Crippen molar-refractivity contribution in [3.05, 3.63) is 91.0 Å². The van der Waals surface area contributed by atoms with Gasteiger partial charge < -0.3 is 0 Å². The maximum absolute atomic E-state index is 2.33. The van der Waals surface area contributed by atoms with Crippen LogP contribution in [0, 0.1) is 27.7 Å². The number of rotatable bonds is 5. The van der Waals surface area contributed by atoms with Crippen LogP contribution in [-0.2, 0) is 0 Å². The highest BCUT2D eigenvalue weighted by molar-refractivity contribution is 7.24. The minimum atomic E-state index is 1.35. The van der Waals surface area contributed by atoms with Crippen LogP contribution in [0.5, 0.6) is 0 Å². The zero-order chi connectivity index (χ0) is 26.8. The molecule has 0 N–H and O–H groups in total. The summed E-state index contributed by atoms with van der Waals surface area (Å²) in [5.74, 6) is 0. The Labute approximate surface area is 250 Å². The van der Waals surface area contributed by atoms with Gasteiger partial charge in [-0.25, -0.2) is 0 Å². The number of allylic oxidation sites excluding steroid dienone is 2. The van der Waals surface area contributed by atoms with E-state index in [1.165, 1.54) is 71.0 Å². The molecule has 0 unspecified atom stereocenters. The van der Waals surface area contributed by atoms with Gasteiger partial charge in [0.25, 0.3) is 0 Å². The maximum atomic E-state index is 2.33. The van der Waals surface area contributed by atoms with Crippen LogP contribution in [-0.4, -0.2) is 0 Å². The summed E-state index contributed by atoms with van der Waals surface area (Å²) in [5.41, 5.74) is 5.72. The Balaban J connectivity index is 0.000000689. The van der Waals surface area contributed by atoms with E-state index in [2.05, 4.69) is 87.0 Å². The molecule has 0 aromatic carbocycles. The summed E-state index contributed by atoms with van der Waals surface area (Å²) in [5, 5.41) is 4.32. The number of thiophene rings is 6. The standard InChI is InChI=1S/C28H22S6.C4H8/c1-15-25(23-11-9-21(33-23)19-7-5-13-29-19)27(17(3)31-15)28-18(4)32-16(2)26(28)24-12-10-22(34-24)20-8-6-14-30-20;1-3-4-2/h5-14H,1-4H3;3-4H,1-2H3/b;4-3-. The van der Waals surface area contributed by atoms with Crippen LogP contribution in [0.3, 0.4) is 0 Å². The molecule has 0 amide bonds. The molecule has 6 aromatic heterocycles. The molecule has 0 saturated carbocycles. The van der Waals surface area contributed by atoms with Crippen LogP contribution in [0.15, 0.2) is 71.4 Å². The first-order valence-corrected chi connectivity index (χ1v) is 17.5. The molecule has 0 saturated heterocycles. The summed E-state index contributed by atoms with van der Waals surface area (Å²) >= 11 is 11.4. The summed E-state index contributed by atoms with van der Waals surface area (Å²) in [4.78, 5) is 13.8. The van der Waals surface area contributed by atoms with E-state index in [-0.39, 0.29) is 0 Å². The lowest BCUT2D eigenvalue weighted by Crippen LogP contribution is -1.86.